The lowest BCUT2D eigenvalue weighted by Crippen LogP contribution is -2.24. The highest BCUT2D eigenvalue weighted by atomic mass is 14.9. The van der Waals surface area contributed by atoms with Crippen LogP contribution in [-0.2, 0) is 0 Å². The predicted molar refractivity (Wildman–Crippen MR) is 56.4 cm³/mol. The van der Waals surface area contributed by atoms with Crippen molar-refractivity contribution >= 4 is 0 Å². The van der Waals surface area contributed by atoms with E-state index in [-0.39, 0.29) is 0 Å². The van der Waals surface area contributed by atoms with E-state index < -0.39 is 0 Å². The molecule has 12 heavy (non-hydrogen) atoms. The summed E-state index contributed by atoms with van der Waals surface area (Å²) in [5, 5.41) is 3.44. The van der Waals surface area contributed by atoms with Crippen molar-refractivity contribution < 1.29 is 0 Å². The van der Waals surface area contributed by atoms with Gasteiger partial charge in [0.25, 0.3) is 0 Å². The van der Waals surface area contributed by atoms with E-state index in [0.717, 1.165) is 11.8 Å². The van der Waals surface area contributed by atoms with Crippen molar-refractivity contribution in [1.82, 2.24) is 5.32 Å². The maximum absolute atomic E-state index is 3.44. The number of hydrogen-bond acceptors (Lipinski definition) is 1. The molecule has 1 atom stereocenters. The molecule has 0 saturated heterocycles. The van der Waals surface area contributed by atoms with Gasteiger partial charge in [0.2, 0.25) is 0 Å². The summed E-state index contributed by atoms with van der Waals surface area (Å²) in [6.45, 7) is 12.5. The van der Waals surface area contributed by atoms with E-state index >= 15 is 0 Å². The average molecular weight is 171 g/mol. The van der Waals surface area contributed by atoms with Crippen molar-refractivity contribution in [1.29, 1.82) is 0 Å². The van der Waals surface area contributed by atoms with Gasteiger partial charge in [-0.15, -0.1) is 0 Å². The Hall–Kier alpha value is -0.0400. The average Bonchev–Trinajstić information content (AvgIpc) is 1.97. The summed E-state index contributed by atoms with van der Waals surface area (Å²) >= 11 is 0. The van der Waals surface area contributed by atoms with Crippen LogP contribution in [0.15, 0.2) is 0 Å². The van der Waals surface area contributed by atoms with Gasteiger partial charge in [0.1, 0.15) is 0 Å². The largest absolute Gasteiger partial charge is 0.315 e. The van der Waals surface area contributed by atoms with Crippen LogP contribution in [0.5, 0.6) is 0 Å². The minimum atomic E-state index is 0.638. The summed E-state index contributed by atoms with van der Waals surface area (Å²) in [4.78, 5) is 0. The molecular formula is C11H25N. The predicted octanol–water partition coefficient (Wildman–Crippen LogP) is 3.06. The van der Waals surface area contributed by atoms with E-state index in [0.29, 0.717) is 6.04 Å². The van der Waals surface area contributed by atoms with E-state index in [2.05, 4.69) is 39.9 Å². The standard InChI is InChI=1S/C11H25N/c1-9(2)11(5)7-6-8-12-10(3)4/h9-12H,6-8H2,1-5H3/t11-/m1/s1. The van der Waals surface area contributed by atoms with Crippen molar-refractivity contribution in [3.05, 3.63) is 0 Å². The first kappa shape index (κ1) is 12.0. The summed E-state index contributed by atoms with van der Waals surface area (Å²) in [5.74, 6) is 1.71. The van der Waals surface area contributed by atoms with E-state index in [1.165, 1.54) is 19.4 Å². The maximum Gasteiger partial charge on any atom is 0.00103 e. The molecule has 0 amide bonds. The Morgan fingerprint density at radius 3 is 2.00 bits per heavy atom. The topological polar surface area (TPSA) is 12.0 Å². The fourth-order valence-corrected chi connectivity index (χ4v) is 1.15. The molecule has 0 radical (unpaired) electrons. The van der Waals surface area contributed by atoms with E-state index in [4.69, 9.17) is 0 Å². The molecule has 0 unspecified atom stereocenters. The lowest BCUT2D eigenvalue weighted by molar-refractivity contribution is 0.375. The summed E-state index contributed by atoms with van der Waals surface area (Å²) < 4.78 is 0. The van der Waals surface area contributed by atoms with Crippen LogP contribution >= 0.6 is 0 Å². The lowest BCUT2D eigenvalue weighted by Gasteiger charge is -2.15. The summed E-state index contributed by atoms with van der Waals surface area (Å²) in [5.41, 5.74) is 0. The van der Waals surface area contributed by atoms with Crippen LogP contribution in [0.2, 0.25) is 0 Å². The van der Waals surface area contributed by atoms with Crippen molar-refractivity contribution in [2.24, 2.45) is 11.8 Å². The van der Waals surface area contributed by atoms with Gasteiger partial charge >= 0.3 is 0 Å². The third-order valence-electron chi connectivity index (χ3n) is 2.53. The second kappa shape index (κ2) is 6.47. The molecule has 0 aromatic rings. The molecule has 0 saturated carbocycles. The maximum atomic E-state index is 3.44. The molecule has 1 heteroatoms. The number of nitrogens with one attached hydrogen (secondary N) is 1. The first-order valence-electron chi connectivity index (χ1n) is 5.27. The number of hydrogen-bond donors (Lipinski definition) is 1. The van der Waals surface area contributed by atoms with Crippen LogP contribution in [0.4, 0.5) is 0 Å². The van der Waals surface area contributed by atoms with Gasteiger partial charge in [-0.05, 0) is 31.2 Å². The van der Waals surface area contributed by atoms with Crippen molar-refractivity contribution in [2.45, 2.75) is 53.5 Å². The van der Waals surface area contributed by atoms with Crippen LogP contribution < -0.4 is 5.32 Å². The van der Waals surface area contributed by atoms with Gasteiger partial charge in [0.05, 0.1) is 0 Å². The highest BCUT2D eigenvalue weighted by Crippen LogP contribution is 2.15. The molecule has 0 aromatic carbocycles. The molecule has 0 aliphatic carbocycles. The third kappa shape index (κ3) is 6.66. The van der Waals surface area contributed by atoms with Gasteiger partial charge in [-0.25, -0.2) is 0 Å². The highest BCUT2D eigenvalue weighted by Gasteiger charge is 2.05. The Kier molecular flexibility index (Phi) is 6.45. The SMILES string of the molecule is CC(C)NCCC[C@@H](C)C(C)C. The fourth-order valence-electron chi connectivity index (χ4n) is 1.15. The molecular weight excluding hydrogens is 146 g/mol. The van der Waals surface area contributed by atoms with Crippen molar-refractivity contribution in [3.63, 3.8) is 0 Å². The Bertz CT molecular complexity index is 97.2. The van der Waals surface area contributed by atoms with E-state index in [1.807, 2.05) is 0 Å². The molecule has 0 aliphatic heterocycles. The summed E-state index contributed by atoms with van der Waals surface area (Å²) in [7, 11) is 0. The van der Waals surface area contributed by atoms with Crippen LogP contribution in [0.1, 0.15) is 47.5 Å². The van der Waals surface area contributed by atoms with Gasteiger partial charge < -0.3 is 5.32 Å². The summed E-state index contributed by atoms with van der Waals surface area (Å²) in [6.07, 6.45) is 2.68. The Balaban J connectivity index is 3.20. The van der Waals surface area contributed by atoms with Gasteiger partial charge in [-0.2, -0.15) is 0 Å². The molecule has 1 nitrogen and oxygen atoms in total. The van der Waals surface area contributed by atoms with E-state index in [1.54, 1.807) is 0 Å². The van der Waals surface area contributed by atoms with Gasteiger partial charge in [0.15, 0.2) is 0 Å². The van der Waals surface area contributed by atoms with Gasteiger partial charge in [-0.1, -0.05) is 34.6 Å². The zero-order chi connectivity index (χ0) is 9.56. The fraction of sp³-hybridized carbons (Fsp3) is 1.00. The van der Waals surface area contributed by atoms with Crippen LogP contribution in [-0.4, -0.2) is 12.6 Å². The smallest absolute Gasteiger partial charge is 0.00103 e. The Morgan fingerprint density at radius 1 is 1.00 bits per heavy atom. The third-order valence-corrected chi connectivity index (χ3v) is 2.53. The second-order valence-electron chi connectivity index (χ2n) is 4.47. The normalized spacial score (nSPS) is 14.2. The minimum Gasteiger partial charge on any atom is -0.315 e. The molecule has 0 heterocycles. The first-order chi connectivity index (χ1) is 5.54. The second-order valence-corrected chi connectivity index (χ2v) is 4.47. The lowest BCUT2D eigenvalue weighted by atomic mass is 9.93. The Morgan fingerprint density at radius 2 is 1.58 bits per heavy atom. The number of rotatable bonds is 6. The minimum absolute atomic E-state index is 0.638. The quantitative estimate of drug-likeness (QED) is 0.606. The monoisotopic (exact) mass is 171 g/mol. The zero-order valence-corrected chi connectivity index (χ0v) is 9.35. The Labute approximate surface area is 77.9 Å². The molecule has 0 aliphatic rings. The molecule has 0 aromatic heterocycles. The zero-order valence-electron chi connectivity index (χ0n) is 9.35. The first-order valence-corrected chi connectivity index (χ1v) is 5.27. The van der Waals surface area contributed by atoms with Crippen LogP contribution in [0.3, 0.4) is 0 Å². The molecule has 0 bridgehead atoms. The molecule has 74 valence electrons. The van der Waals surface area contributed by atoms with Gasteiger partial charge in [-0.3, -0.25) is 0 Å². The van der Waals surface area contributed by atoms with Crippen molar-refractivity contribution in [3.8, 4) is 0 Å². The van der Waals surface area contributed by atoms with Crippen LogP contribution in [0.25, 0.3) is 0 Å². The van der Waals surface area contributed by atoms with Crippen LogP contribution in [0, 0.1) is 11.8 Å². The molecule has 0 spiro atoms. The van der Waals surface area contributed by atoms with E-state index in [9.17, 15) is 0 Å². The van der Waals surface area contributed by atoms with Crippen molar-refractivity contribution in [2.75, 3.05) is 6.54 Å². The molecule has 0 fully saturated rings. The van der Waals surface area contributed by atoms with Gasteiger partial charge in [0, 0.05) is 6.04 Å². The molecule has 1 N–H and O–H groups in total. The summed E-state index contributed by atoms with van der Waals surface area (Å²) in [6, 6.07) is 0.638. The highest BCUT2D eigenvalue weighted by molar-refractivity contribution is 4.59. The molecule has 0 rings (SSSR count).